The predicted octanol–water partition coefficient (Wildman–Crippen LogP) is 2.46. The van der Waals surface area contributed by atoms with Gasteiger partial charge in [0.05, 0.1) is 11.6 Å². The summed E-state index contributed by atoms with van der Waals surface area (Å²) in [4.78, 5) is 12.3. The number of esters is 1. The first-order valence-corrected chi connectivity index (χ1v) is 6.87. The fourth-order valence-electron chi connectivity index (χ4n) is 1.64. The molecule has 1 rings (SSSR count). The maximum Gasteiger partial charge on any atom is 0.356 e. The van der Waals surface area contributed by atoms with Crippen molar-refractivity contribution in [2.24, 2.45) is 5.73 Å². The van der Waals surface area contributed by atoms with Crippen LogP contribution in [0.25, 0.3) is 0 Å². The molecule has 0 fully saturated rings. The first-order chi connectivity index (χ1) is 9.47. The number of nitrogens with two attached hydrogens (primary N) is 1. The maximum atomic E-state index is 11.8. The standard InChI is InChI=1S/C15H20N2O2S/c1-4-19-15(18)13(11(3)16)17-14(20)10(2)12-8-6-5-7-9-12/h5-10H,4,16H2,1-3H3,(H,17,20)/b13-11-/t10-/m1/s1. The first kappa shape index (κ1) is 16.2. The average molecular weight is 292 g/mol. The Labute approximate surface area is 125 Å². The molecule has 108 valence electrons. The van der Waals surface area contributed by atoms with E-state index in [2.05, 4.69) is 5.32 Å². The molecule has 1 aromatic carbocycles. The van der Waals surface area contributed by atoms with Crippen molar-refractivity contribution in [3.63, 3.8) is 0 Å². The highest BCUT2D eigenvalue weighted by atomic mass is 32.1. The molecule has 0 aliphatic heterocycles. The van der Waals surface area contributed by atoms with Crippen molar-refractivity contribution in [1.82, 2.24) is 5.32 Å². The number of hydrogen-bond acceptors (Lipinski definition) is 4. The van der Waals surface area contributed by atoms with Crippen LogP contribution in [0.5, 0.6) is 0 Å². The monoisotopic (exact) mass is 292 g/mol. The van der Waals surface area contributed by atoms with Gasteiger partial charge in [-0.2, -0.15) is 0 Å². The Balaban J connectivity index is 2.83. The first-order valence-electron chi connectivity index (χ1n) is 6.46. The van der Waals surface area contributed by atoms with E-state index in [1.165, 1.54) is 0 Å². The van der Waals surface area contributed by atoms with Crippen molar-refractivity contribution < 1.29 is 9.53 Å². The molecule has 0 amide bonds. The number of carbonyl (C=O) groups excluding carboxylic acids is 1. The fourth-order valence-corrected chi connectivity index (χ4v) is 1.88. The Morgan fingerprint density at radius 1 is 1.40 bits per heavy atom. The van der Waals surface area contributed by atoms with Gasteiger partial charge in [0, 0.05) is 11.6 Å². The molecule has 4 nitrogen and oxygen atoms in total. The van der Waals surface area contributed by atoms with Gasteiger partial charge in [-0.25, -0.2) is 4.79 Å². The van der Waals surface area contributed by atoms with E-state index in [-0.39, 0.29) is 18.2 Å². The summed E-state index contributed by atoms with van der Waals surface area (Å²) in [5, 5.41) is 2.91. The summed E-state index contributed by atoms with van der Waals surface area (Å²) < 4.78 is 4.95. The van der Waals surface area contributed by atoms with Gasteiger partial charge < -0.3 is 15.8 Å². The highest BCUT2D eigenvalue weighted by Gasteiger charge is 2.18. The number of rotatable bonds is 5. The Morgan fingerprint density at radius 3 is 2.50 bits per heavy atom. The molecule has 0 aliphatic rings. The number of nitrogens with one attached hydrogen (secondary N) is 1. The third-order valence-electron chi connectivity index (χ3n) is 2.81. The van der Waals surface area contributed by atoms with Crippen molar-refractivity contribution in [3.8, 4) is 0 Å². The molecule has 0 heterocycles. The second-order valence-corrected chi connectivity index (χ2v) is 4.84. The Kier molecular flexibility index (Phi) is 6.18. The third-order valence-corrected chi connectivity index (χ3v) is 3.27. The van der Waals surface area contributed by atoms with Gasteiger partial charge in [0.1, 0.15) is 5.70 Å². The number of allylic oxidation sites excluding steroid dienone is 1. The zero-order chi connectivity index (χ0) is 15.1. The van der Waals surface area contributed by atoms with Crippen LogP contribution >= 0.6 is 12.2 Å². The van der Waals surface area contributed by atoms with Crippen LogP contribution in [-0.2, 0) is 9.53 Å². The molecule has 0 unspecified atom stereocenters. The van der Waals surface area contributed by atoms with Crippen LogP contribution in [0.2, 0.25) is 0 Å². The molecule has 0 saturated carbocycles. The maximum absolute atomic E-state index is 11.8. The zero-order valence-corrected chi connectivity index (χ0v) is 12.8. The molecule has 1 aromatic rings. The summed E-state index contributed by atoms with van der Waals surface area (Å²) in [5.41, 5.74) is 7.34. The van der Waals surface area contributed by atoms with Gasteiger partial charge in [0.2, 0.25) is 0 Å². The lowest BCUT2D eigenvalue weighted by Gasteiger charge is -2.17. The second-order valence-electron chi connectivity index (χ2n) is 4.40. The molecule has 3 N–H and O–H groups in total. The number of ether oxygens (including phenoxy) is 1. The molecule has 0 radical (unpaired) electrons. The van der Waals surface area contributed by atoms with Crippen LogP contribution in [0.3, 0.4) is 0 Å². The smallest absolute Gasteiger partial charge is 0.356 e. The topological polar surface area (TPSA) is 64.3 Å². The average Bonchev–Trinajstić information content (AvgIpc) is 2.44. The molecule has 5 heteroatoms. The molecule has 0 bridgehead atoms. The van der Waals surface area contributed by atoms with Crippen LogP contribution in [0.4, 0.5) is 0 Å². The van der Waals surface area contributed by atoms with Crippen molar-refractivity contribution in [2.45, 2.75) is 26.7 Å². The Bertz CT molecular complexity index is 508. The molecular weight excluding hydrogens is 272 g/mol. The molecule has 0 saturated heterocycles. The zero-order valence-electron chi connectivity index (χ0n) is 12.0. The predicted molar refractivity (Wildman–Crippen MR) is 84.1 cm³/mol. The SMILES string of the molecule is CCOC(=O)/C(NC(=S)[C@H](C)c1ccccc1)=C(\C)N. The van der Waals surface area contributed by atoms with Gasteiger partial charge in [-0.05, 0) is 19.4 Å². The van der Waals surface area contributed by atoms with E-state index < -0.39 is 5.97 Å². The quantitative estimate of drug-likeness (QED) is 0.496. The van der Waals surface area contributed by atoms with E-state index >= 15 is 0 Å². The summed E-state index contributed by atoms with van der Waals surface area (Å²) in [7, 11) is 0. The summed E-state index contributed by atoms with van der Waals surface area (Å²) in [6.45, 7) is 5.64. The van der Waals surface area contributed by atoms with Crippen molar-refractivity contribution in [1.29, 1.82) is 0 Å². The lowest BCUT2D eigenvalue weighted by atomic mass is 10.0. The molecule has 1 atom stereocenters. The number of benzene rings is 1. The van der Waals surface area contributed by atoms with E-state index in [4.69, 9.17) is 22.7 Å². The van der Waals surface area contributed by atoms with Crippen molar-refractivity contribution in [3.05, 3.63) is 47.3 Å². The fraction of sp³-hybridized carbons (Fsp3) is 0.333. The van der Waals surface area contributed by atoms with Gasteiger partial charge >= 0.3 is 5.97 Å². The summed E-state index contributed by atoms with van der Waals surface area (Å²) in [5.74, 6) is -0.509. The van der Waals surface area contributed by atoms with E-state index in [0.717, 1.165) is 5.56 Å². The van der Waals surface area contributed by atoms with Crippen LogP contribution < -0.4 is 11.1 Å². The minimum absolute atomic E-state index is 0.0185. The minimum Gasteiger partial charge on any atom is -0.461 e. The van der Waals surface area contributed by atoms with E-state index in [1.807, 2.05) is 37.3 Å². The van der Waals surface area contributed by atoms with E-state index in [0.29, 0.717) is 10.7 Å². The number of thiocarbonyl (C=S) groups is 1. The molecule has 0 spiro atoms. The second kappa shape index (κ2) is 7.65. The minimum atomic E-state index is -0.491. The lowest BCUT2D eigenvalue weighted by Crippen LogP contribution is -2.32. The van der Waals surface area contributed by atoms with Gasteiger partial charge in [-0.15, -0.1) is 0 Å². The normalized spacial score (nSPS) is 13.2. The van der Waals surface area contributed by atoms with Crippen LogP contribution in [0.1, 0.15) is 32.3 Å². The van der Waals surface area contributed by atoms with E-state index in [9.17, 15) is 4.79 Å². The van der Waals surface area contributed by atoms with E-state index in [1.54, 1.807) is 13.8 Å². The molecule has 0 aromatic heterocycles. The molecule has 20 heavy (non-hydrogen) atoms. The van der Waals surface area contributed by atoms with Crippen LogP contribution in [0.15, 0.2) is 41.7 Å². The van der Waals surface area contributed by atoms with Crippen LogP contribution in [-0.4, -0.2) is 17.6 Å². The van der Waals surface area contributed by atoms with Gasteiger partial charge in [-0.3, -0.25) is 0 Å². The third kappa shape index (κ3) is 4.35. The number of carbonyl (C=O) groups is 1. The van der Waals surface area contributed by atoms with Gasteiger partial charge in [0.15, 0.2) is 0 Å². The van der Waals surface area contributed by atoms with Crippen molar-refractivity contribution in [2.75, 3.05) is 6.61 Å². The molecular formula is C15H20N2O2S. The summed E-state index contributed by atoms with van der Waals surface area (Å²) in [6, 6.07) is 9.82. The summed E-state index contributed by atoms with van der Waals surface area (Å²) >= 11 is 5.35. The highest BCUT2D eigenvalue weighted by Crippen LogP contribution is 2.16. The lowest BCUT2D eigenvalue weighted by molar-refractivity contribution is -0.138. The number of hydrogen-bond donors (Lipinski definition) is 2. The summed E-state index contributed by atoms with van der Waals surface area (Å²) in [6.07, 6.45) is 0. The van der Waals surface area contributed by atoms with Crippen LogP contribution in [0, 0.1) is 0 Å². The Hall–Kier alpha value is -1.88. The Morgan fingerprint density at radius 2 is 2.00 bits per heavy atom. The van der Waals surface area contributed by atoms with Gasteiger partial charge in [-0.1, -0.05) is 49.5 Å². The van der Waals surface area contributed by atoms with Gasteiger partial charge in [0.25, 0.3) is 0 Å². The largest absolute Gasteiger partial charge is 0.461 e. The van der Waals surface area contributed by atoms with Crippen molar-refractivity contribution >= 4 is 23.2 Å². The molecule has 0 aliphatic carbocycles. The highest BCUT2D eigenvalue weighted by molar-refractivity contribution is 7.80.